The van der Waals surface area contributed by atoms with E-state index in [1.54, 1.807) is 6.92 Å². The van der Waals surface area contributed by atoms with Gasteiger partial charge in [-0.05, 0) is 41.1 Å². The van der Waals surface area contributed by atoms with Gasteiger partial charge in [-0.3, -0.25) is 10.1 Å². The molecule has 21 heavy (non-hydrogen) atoms. The smallest absolute Gasteiger partial charge is 0.350 e. The van der Waals surface area contributed by atoms with Crippen molar-refractivity contribution in [2.45, 2.75) is 6.92 Å². The number of halogens is 2. The number of aromatic nitrogens is 1. The van der Waals surface area contributed by atoms with Crippen LogP contribution in [-0.2, 0) is 4.74 Å². The number of ether oxygens (including phenoxy) is 1. The van der Waals surface area contributed by atoms with Gasteiger partial charge in [-0.2, -0.15) is 0 Å². The summed E-state index contributed by atoms with van der Waals surface area (Å²) in [5.74, 6) is -1.41. The van der Waals surface area contributed by atoms with Crippen LogP contribution >= 0.6 is 27.3 Å². The van der Waals surface area contributed by atoms with Crippen molar-refractivity contribution < 1.29 is 18.7 Å². The molecule has 0 atom stereocenters. The summed E-state index contributed by atoms with van der Waals surface area (Å²) in [5.41, 5.74) is 0.740. The van der Waals surface area contributed by atoms with Crippen LogP contribution in [0.4, 0.5) is 9.52 Å². The quantitative estimate of drug-likeness (QED) is 0.838. The number of amides is 1. The van der Waals surface area contributed by atoms with Crippen molar-refractivity contribution in [3.8, 4) is 0 Å². The molecule has 1 heterocycles. The number of hydrogen-bond donors (Lipinski definition) is 1. The number of anilines is 1. The third-order valence-electron chi connectivity index (χ3n) is 2.56. The standard InChI is InChI=1S/C13H10BrFN2O3S/c1-6-10(12(19)20-2)21-13(16-6)17-11(18)8-4-3-7(15)5-9(8)14/h3-5H,1-2H3,(H,16,17,18). The molecule has 0 bridgehead atoms. The third-order valence-corrected chi connectivity index (χ3v) is 4.27. The maximum Gasteiger partial charge on any atom is 0.350 e. The molecule has 110 valence electrons. The van der Waals surface area contributed by atoms with Gasteiger partial charge in [-0.15, -0.1) is 0 Å². The van der Waals surface area contributed by atoms with Gasteiger partial charge in [0.2, 0.25) is 0 Å². The molecule has 0 saturated heterocycles. The number of esters is 1. The van der Waals surface area contributed by atoms with E-state index in [9.17, 15) is 14.0 Å². The van der Waals surface area contributed by atoms with E-state index >= 15 is 0 Å². The number of nitrogens with one attached hydrogen (secondary N) is 1. The van der Waals surface area contributed by atoms with Gasteiger partial charge in [0.05, 0.1) is 18.4 Å². The van der Waals surface area contributed by atoms with Crippen LogP contribution in [0.15, 0.2) is 22.7 Å². The van der Waals surface area contributed by atoms with E-state index < -0.39 is 17.7 Å². The minimum Gasteiger partial charge on any atom is -0.465 e. The number of carbonyl (C=O) groups is 2. The second-order valence-electron chi connectivity index (χ2n) is 4.00. The summed E-state index contributed by atoms with van der Waals surface area (Å²) < 4.78 is 18.0. The predicted octanol–water partition coefficient (Wildman–Crippen LogP) is 3.39. The van der Waals surface area contributed by atoms with E-state index in [0.29, 0.717) is 15.0 Å². The summed E-state index contributed by atoms with van der Waals surface area (Å²) in [6, 6.07) is 3.74. The number of aryl methyl sites for hydroxylation is 1. The predicted molar refractivity (Wildman–Crippen MR) is 80.2 cm³/mol. The van der Waals surface area contributed by atoms with E-state index in [-0.39, 0.29) is 10.7 Å². The summed E-state index contributed by atoms with van der Waals surface area (Å²) in [6.45, 7) is 1.65. The first-order chi connectivity index (χ1) is 9.92. The molecule has 1 N–H and O–H groups in total. The Labute approximate surface area is 132 Å². The maximum absolute atomic E-state index is 13.0. The summed E-state index contributed by atoms with van der Waals surface area (Å²) >= 11 is 4.14. The third kappa shape index (κ3) is 3.45. The highest BCUT2D eigenvalue weighted by Gasteiger charge is 2.18. The lowest BCUT2D eigenvalue weighted by Gasteiger charge is -2.04. The summed E-state index contributed by atoms with van der Waals surface area (Å²) in [7, 11) is 1.27. The van der Waals surface area contributed by atoms with Crippen LogP contribution in [-0.4, -0.2) is 24.0 Å². The molecular formula is C13H10BrFN2O3S. The summed E-state index contributed by atoms with van der Waals surface area (Å²) in [5, 5.41) is 2.84. The van der Waals surface area contributed by atoms with Gasteiger partial charge < -0.3 is 4.74 Å². The maximum atomic E-state index is 13.0. The molecule has 2 aromatic rings. The summed E-state index contributed by atoms with van der Waals surface area (Å²) in [4.78, 5) is 28.0. The van der Waals surface area contributed by atoms with Crippen LogP contribution in [0.25, 0.3) is 0 Å². The molecule has 1 amide bonds. The number of carbonyl (C=O) groups excluding carboxylic acids is 2. The van der Waals surface area contributed by atoms with Crippen molar-refractivity contribution >= 4 is 44.3 Å². The Morgan fingerprint density at radius 1 is 1.43 bits per heavy atom. The van der Waals surface area contributed by atoms with Gasteiger partial charge in [0.1, 0.15) is 10.7 Å². The second kappa shape index (κ2) is 6.31. The normalized spacial score (nSPS) is 10.3. The second-order valence-corrected chi connectivity index (χ2v) is 5.86. The molecule has 0 unspecified atom stereocenters. The molecular weight excluding hydrogens is 363 g/mol. The molecule has 0 radical (unpaired) electrons. The van der Waals surface area contributed by atoms with Gasteiger partial charge in [-0.25, -0.2) is 14.2 Å². The molecule has 0 aliphatic rings. The Morgan fingerprint density at radius 3 is 2.76 bits per heavy atom. The first-order valence-corrected chi connectivity index (χ1v) is 7.35. The fourth-order valence-corrected chi connectivity index (χ4v) is 2.98. The Balaban J connectivity index is 2.22. The fraction of sp³-hybridized carbons (Fsp3) is 0.154. The zero-order chi connectivity index (χ0) is 15.6. The molecule has 0 saturated carbocycles. The van der Waals surface area contributed by atoms with Crippen molar-refractivity contribution in [1.29, 1.82) is 0 Å². The molecule has 1 aromatic carbocycles. The zero-order valence-corrected chi connectivity index (χ0v) is 13.5. The molecule has 2 rings (SSSR count). The van der Waals surface area contributed by atoms with Gasteiger partial charge in [0.25, 0.3) is 5.91 Å². The Hall–Kier alpha value is -1.80. The fourth-order valence-electron chi connectivity index (χ4n) is 1.57. The molecule has 5 nitrogen and oxygen atoms in total. The van der Waals surface area contributed by atoms with Crippen LogP contribution in [0.3, 0.4) is 0 Å². The van der Waals surface area contributed by atoms with Crippen molar-refractivity contribution in [1.82, 2.24) is 4.98 Å². The van der Waals surface area contributed by atoms with Crippen LogP contribution in [0.1, 0.15) is 25.7 Å². The van der Waals surface area contributed by atoms with Gasteiger partial charge in [0, 0.05) is 4.47 Å². The van der Waals surface area contributed by atoms with E-state index in [1.807, 2.05) is 0 Å². The van der Waals surface area contributed by atoms with Crippen molar-refractivity contribution in [2.75, 3.05) is 12.4 Å². The van der Waals surface area contributed by atoms with Gasteiger partial charge in [0.15, 0.2) is 5.13 Å². The highest BCUT2D eigenvalue weighted by atomic mass is 79.9. The SMILES string of the molecule is COC(=O)c1sc(NC(=O)c2ccc(F)cc2Br)nc1C. The average molecular weight is 373 g/mol. The van der Waals surface area contributed by atoms with Gasteiger partial charge >= 0.3 is 5.97 Å². The van der Waals surface area contributed by atoms with Crippen LogP contribution in [0.5, 0.6) is 0 Å². The van der Waals surface area contributed by atoms with Crippen molar-refractivity contribution in [3.63, 3.8) is 0 Å². The van der Waals surface area contributed by atoms with Gasteiger partial charge in [-0.1, -0.05) is 11.3 Å². The molecule has 1 aromatic heterocycles. The van der Waals surface area contributed by atoms with E-state index in [1.165, 1.54) is 25.3 Å². The number of rotatable bonds is 3. The summed E-state index contributed by atoms with van der Waals surface area (Å²) in [6.07, 6.45) is 0. The highest BCUT2D eigenvalue weighted by Crippen LogP contribution is 2.25. The largest absolute Gasteiger partial charge is 0.465 e. The lowest BCUT2D eigenvalue weighted by Crippen LogP contribution is -2.12. The molecule has 0 spiro atoms. The first-order valence-electron chi connectivity index (χ1n) is 5.74. The minimum absolute atomic E-state index is 0.267. The Bertz CT molecular complexity index is 717. The zero-order valence-electron chi connectivity index (χ0n) is 11.1. The van der Waals surface area contributed by atoms with Crippen LogP contribution in [0, 0.1) is 12.7 Å². The topological polar surface area (TPSA) is 68.3 Å². The molecule has 8 heteroatoms. The highest BCUT2D eigenvalue weighted by molar-refractivity contribution is 9.10. The Morgan fingerprint density at radius 2 is 2.14 bits per heavy atom. The first kappa shape index (κ1) is 15.6. The van der Waals surface area contributed by atoms with Crippen LogP contribution < -0.4 is 5.32 Å². The number of benzene rings is 1. The molecule has 0 aliphatic carbocycles. The lowest BCUT2D eigenvalue weighted by atomic mass is 10.2. The Kier molecular flexibility index (Phi) is 4.69. The lowest BCUT2D eigenvalue weighted by molar-refractivity contribution is 0.0605. The number of hydrogen-bond acceptors (Lipinski definition) is 5. The number of nitrogens with zero attached hydrogens (tertiary/aromatic N) is 1. The monoisotopic (exact) mass is 372 g/mol. The van der Waals surface area contributed by atoms with E-state index in [0.717, 1.165) is 11.3 Å². The molecule has 0 aliphatic heterocycles. The number of thiazole rings is 1. The van der Waals surface area contributed by atoms with Crippen molar-refractivity contribution in [3.05, 3.63) is 44.6 Å². The van der Waals surface area contributed by atoms with E-state index in [4.69, 9.17) is 0 Å². The van der Waals surface area contributed by atoms with Crippen LogP contribution in [0.2, 0.25) is 0 Å². The van der Waals surface area contributed by atoms with E-state index in [2.05, 4.69) is 31.0 Å². The molecule has 0 fully saturated rings. The van der Waals surface area contributed by atoms with Crippen molar-refractivity contribution in [2.24, 2.45) is 0 Å². The minimum atomic E-state index is -0.506. The average Bonchev–Trinajstić information content (AvgIpc) is 2.78. The number of methoxy groups -OCH3 is 1.